The van der Waals surface area contributed by atoms with Crippen molar-refractivity contribution in [1.82, 2.24) is 9.88 Å². The van der Waals surface area contributed by atoms with Crippen LogP contribution < -0.4 is 5.73 Å². The van der Waals surface area contributed by atoms with Crippen molar-refractivity contribution >= 4 is 27.7 Å². The highest BCUT2D eigenvalue weighted by Crippen LogP contribution is 2.27. The fraction of sp³-hybridized carbons (Fsp3) is 0.600. The molecule has 1 fully saturated rings. The number of rotatable bonds is 4. The van der Waals surface area contributed by atoms with E-state index in [0.29, 0.717) is 23.3 Å². The molecule has 1 aliphatic rings. The Balaban J connectivity index is 2.27. The van der Waals surface area contributed by atoms with E-state index in [9.17, 15) is 4.79 Å². The predicted octanol–water partition coefficient (Wildman–Crippen LogP) is 3.47. The molecule has 1 aromatic heterocycles. The van der Waals surface area contributed by atoms with E-state index in [1.165, 1.54) is 12.8 Å². The highest BCUT2D eigenvalue weighted by Gasteiger charge is 2.29. The second-order valence-corrected chi connectivity index (χ2v) is 6.79. The maximum atomic E-state index is 12.8. The molecule has 1 aromatic rings. The molecule has 2 N–H and O–H groups in total. The van der Waals surface area contributed by atoms with Crippen LogP contribution in [-0.4, -0.2) is 28.4 Å². The third-order valence-corrected chi connectivity index (χ3v) is 4.14. The van der Waals surface area contributed by atoms with E-state index in [4.69, 9.17) is 5.73 Å². The summed E-state index contributed by atoms with van der Waals surface area (Å²) in [6.07, 6.45) is 6.23. The number of carbonyl (C=O) groups excluding carboxylic acids is 1. The third-order valence-electron chi connectivity index (χ3n) is 3.70. The van der Waals surface area contributed by atoms with Crippen molar-refractivity contribution in [3.8, 4) is 0 Å². The van der Waals surface area contributed by atoms with E-state index in [2.05, 4.69) is 34.8 Å². The number of amides is 1. The Kier molecular flexibility index (Phi) is 5.02. The van der Waals surface area contributed by atoms with Gasteiger partial charge in [0.1, 0.15) is 5.82 Å². The molecule has 2 rings (SSSR count). The minimum atomic E-state index is 0.0110. The Morgan fingerprint density at radius 2 is 2.15 bits per heavy atom. The quantitative estimate of drug-likeness (QED) is 0.913. The molecule has 0 aromatic carbocycles. The molecule has 0 aliphatic heterocycles. The van der Waals surface area contributed by atoms with Gasteiger partial charge in [0, 0.05) is 23.3 Å². The maximum absolute atomic E-state index is 12.8. The van der Waals surface area contributed by atoms with Crippen LogP contribution >= 0.6 is 15.9 Å². The number of halogens is 1. The number of nitrogens with two attached hydrogens (primary N) is 1. The third kappa shape index (κ3) is 3.51. The van der Waals surface area contributed by atoms with Crippen LogP contribution in [0.1, 0.15) is 49.9 Å². The van der Waals surface area contributed by atoms with E-state index in [1.54, 1.807) is 12.3 Å². The fourth-order valence-corrected chi connectivity index (χ4v) is 3.11. The Bertz CT molecular complexity index is 484. The lowest BCUT2D eigenvalue weighted by atomic mass is 10.1. The van der Waals surface area contributed by atoms with Crippen LogP contribution in [0.4, 0.5) is 5.82 Å². The summed E-state index contributed by atoms with van der Waals surface area (Å²) in [5, 5.41) is 0. The average molecular weight is 340 g/mol. The largest absolute Gasteiger partial charge is 0.383 e. The molecule has 0 unspecified atom stereocenters. The lowest BCUT2D eigenvalue weighted by Crippen LogP contribution is -2.41. The van der Waals surface area contributed by atoms with E-state index >= 15 is 0 Å². The Hall–Kier alpha value is -1.10. The number of nitrogen functional groups attached to an aromatic ring is 1. The summed E-state index contributed by atoms with van der Waals surface area (Å²) in [5.41, 5.74) is 6.38. The van der Waals surface area contributed by atoms with Crippen LogP contribution in [0.3, 0.4) is 0 Å². The van der Waals surface area contributed by atoms with Gasteiger partial charge in [0.15, 0.2) is 0 Å². The molecule has 20 heavy (non-hydrogen) atoms. The number of carbonyl (C=O) groups is 1. The van der Waals surface area contributed by atoms with Crippen LogP contribution in [-0.2, 0) is 0 Å². The highest BCUT2D eigenvalue weighted by molar-refractivity contribution is 9.10. The molecule has 1 aliphatic carbocycles. The van der Waals surface area contributed by atoms with Crippen molar-refractivity contribution in [2.24, 2.45) is 5.92 Å². The monoisotopic (exact) mass is 339 g/mol. The van der Waals surface area contributed by atoms with Crippen molar-refractivity contribution in [2.45, 2.75) is 45.6 Å². The molecule has 1 amide bonds. The summed E-state index contributed by atoms with van der Waals surface area (Å²) in [4.78, 5) is 18.9. The second-order valence-electron chi connectivity index (χ2n) is 5.88. The minimum Gasteiger partial charge on any atom is -0.383 e. The fourth-order valence-electron chi connectivity index (χ4n) is 2.78. The van der Waals surface area contributed by atoms with Crippen LogP contribution in [0.5, 0.6) is 0 Å². The first-order valence-corrected chi connectivity index (χ1v) is 8.00. The van der Waals surface area contributed by atoms with Crippen LogP contribution in [0, 0.1) is 5.92 Å². The number of hydrogen-bond donors (Lipinski definition) is 1. The van der Waals surface area contributed by atoms with Crippen LogP contribution in [0.2, 0.25) is 0 Å². The standard InChI is InChI=1S/C15H22BrN3O/c1-10(2)9-19(12-5-3-4-6-12)15(20)13-7-11(16)8-18-14(13)17/h7-8,10,12H,3-6,9H2,1-2H3,(H2,17,18). The molecular formula is C15H22BrN3O. The molecule has 5 heteroatoms. The molecule has 0 atom stereocenters. The summed E-state index contributed by atoms with van der Waals surface area (Å²) < 4.78 is 0.783. The SMILES string of the molecule is CC(C)CN(C(=O)c1cc(Br)cnc1N)C1CCCC1. The Labute approximate surface area is 128 Å². The molecule has 1 heterocycles. The second kappa shape index (κ2) is 6.57. The van der Waals surface area contributed by atoms with Crippen molar-refractivity contribution in [2.75, 3.05) is 12.3 Å². The zero-order valence-corrected chi connectivity index (χ0v) is 13.7. The predicted molar refractivity (Wildman–Crippen MR) is 84.5 cm³/mol. The van der Waals surface area contributed by atoms with Crippen molar-refractivity contribution in [3.63, 3.8) is 0 Å². The molecule has 0 bridgehead atoms. The molecular weight excluding hydrogens is 318 g/mol. The van der Waals surface area contributed by atoms with E-state index in [-0.39, 0.29) is 5.91 Å². The van der Waals surface area contributed by atoms with Crippen molar-refractivity contribution in [3.05, 3.63) is 22.3 Å². The first kappa shape index (κ1) is 15.3. The molecule has 0 saturated heterocycles. The van der Waals surface area contributed by atoms with E-state index in [0.717, 1.165) is 23.9 Å². The van der Waals surface area contributed by atoms with Gasteiger partial charge in [-0.3, -0.25) is 4.79 Å². The zero-order chi connectivity index (χ0) is 14.7. The normalized spacial score (nSPS) is 15.8. The topological polar surface area (TPSA) is 59.2 Å². The summed E-state index contributed by atoms with van der Waals surface area (Å²) in [6.45, 7) is 5.05. The van der Waals surface area contributed by atoms with Gasteiger partial charge in [-0.05, 0) is 40.8 Å². The first-order chi connectivity index (χ1) is 9.49. The van der Waals surface area contributed by atoms with Crippen molar-refractivity contribution < 1.29 is 4.79 Å². The lowest BCUT2D eigenvalue weighted by molar-refractivity contribution is 0.0656. The van der Waals surface area contributed by atoms with Gasteiger partial charge < -0.3 is 10.6 Å². The van der Waals surface area contributed by atoms with Gasteiger partial charge >= 0.3 is 0 Å². The lowest BCUT2D eigenvalue weighted by Gasteiger charge is -2.31. The maximum Gasteiger partial charge on any atom is 0.257 e. The van der Waals surface area contributed by atoms with E-state index in [1.807, 2.05) is 4.90 Å². The molecule has 1 saturated carbocycles. The number of pyridine rings is 1. The number of nitrogens with zero attached hydrogens (tertiary/aromatic N) is 2. The Morgan fingerprint density at radius 3 is 2.75 bits per heavy atom. The molecule has 4 nitrogen and oxygen atoms in total. The highest BCUT2D eigenvalue weighted by atomic mass is 79.9. The smallest absolute Gasteiger partial charge is 0.257 e. The van der Waals surface area contributed by atoms with Crippen LogP contribution in [0.25, 0.3) is 0 Å². The van der Waals surface area contributed by atoms with Gasteiger partial charge in [-0.1, -0.05) is 26.7 Å². The number of hydrogen-bond acceptors (Lipinski definition) is 3. The van der Waals surface area contributed by atoms with E-state index < -0.39 is 0 Å². The summed E-state index contributed by atoms with van der Waals surface area (Å²) in [7, 11) is 0. The van der Waals surface area contributed by atoms with Crippen LogP contribution in [0.15, 0.2) is 16.7 Å². The zero-order valence-electron chi connectivity index (χ0n) is 12.1. The Morgan fingerprint density at radius 1 is 1.50 bits per heavy atom. The molecule has 0 radical (unpaired) electrons. The average Bonchev–Trinajstić information content (AvgIpc) is 2.91. The molecule has 0 spiro atoms. The summed E-state index contributed by atoms with van der Waals surface area (Å²) >= 11 is 3.36. The minimum absolute atomic E-state index is 0.0110. The first-order valence-electron chi connectivity index (χ1n) is 7.21. The van der Waals surface area contributed by atoms with Gasteiger partial charge in [0.25, 0.3) is 5.91 Å². The van der Waals surface area contributed by atoms with Crippen molar-refractivity contribution in [1.29, 1.82) is 0 Å². The van der Waals surface area contributed by atoms with Gasteiger partial charge in [-0.25, -0.2) is 4.98 Å². The van der Waals surface area contributed by atoms with Gasteiger partial charge in [0.2, 0.25) is 0 Å². The molecule has 110 valence electrons. The van der Waals surface area contributed by atoms with Gasteiger partial charge in [-0.15, -0.1) is 0 Å². The summed E-state index contributed by atoms with van der Waals surface area (Å²) in [5.74, 6) is 0.766. The number of anilines is 1. The number of aromatic nitrogens is 1. The summed E-state index contributed by atoms with van der Waals surface area (Å²) in [6, 6.07) is 2.12. The van der Waals surface area contributed by atoms with Gasteiger partial charge in [-0.2, -0.15) is 0 Å². The van der Waals surface area contributed by atoms with Gasteiger partial charge in [0.05, 0.1) is 5.56 Å².